The van der Waals surface area contributed by atoms with Crippen LogP contribution in [0, 0.1) is 11.8 Å². The van der Waals surface area contributed by atoms with Crippen molar-refractivity contribution < 1.29 is 23.7 Å². The maximum absolute atomic E-state index is 13.4. The molecule has 40 heavy (non-hydrogen) atoms. The lowest BCUT2D eigenvalue weighted by molar-refractivity contribution is -0.128. The van der Waals surface area contributed by atoms with Crippen LogP contribution in [-0.4, -0.2) is 45.6 Å². The molecule has 0 spiro atoms. The van der Waals surface area contributed by atoms with E-state index in [-0.39, 0.29) is 5.78 Å². The van der Waals surface area contributed by atoms with Crippen LogP contribution in [0.3, 0.4) is 0 Å². The van der Waals surface area contributed by atoms with Crippen LogP contribution >= 0.6 is 0 Å². The van der Waals surface area contributed by atoms with Crippen LogP contribution in [0.25, 0.3) is 0 Å². The molecule has 0 saturated carbocycles. The normalized spacial score (nSPS) is 13.7. The predicted octanol–water partition coefficient (Wildman–Crippen LogP) is 9.81. The van der Waals surface area contributed by atoms with Crippen molar-refractivity contribution in [2.45, 2.75) is 137 Å². The van der Waals surface area contributed by atoms with Gasteiger partial charge in [0.05, 0.1) is 19.8 Å². The van der Waals surface area contributed by atoms with E-state index in [0.29, 0.717) is 43.8 Å². The van der Waals surface area contributed by atoms with Crippen LogP contribution in [0.15, 0.2) is 24.3 Å². The molecule has 1 aromatic carbocycles. The summed E-state index contributed by atoms with van der Waals surface area (Å²) in [6.07, 6.45) is 19.7. The number of hydrogen-bond acceptors (Lipinski definition) is 5. The van der Waals surface area contributed by atoms with Crippen molar-refractivity contribution in [3.05, 3.63) is 29.8 Å². The van der Waals surface area contributed by atoms with Gasteiger partial charge in [0.2, 0.25) is 12.1 Å². The van der Waals surface area contributed by atoms with E-state index in [1.54, 1.807) is 19.2 Å². The molecule has 0 aliphatic heterocycles. The molecule has 0 heterocycles. The maximum Gasteiger partial charge on any atom is 0.222 e. The number of unbranched alkanes of at least 4 members (excludes halogenated alkanes) is 12. The fourth-order valence-corrected chi connectivity index (χ4v) is 4.86. The first-order chi connectivity index (χ1) is 19.5. The number of rotatable bonds is 28. The van der Waals surface area contributed by atoms with Gasteiger partial charge in [0.1, 0.15) is 12.4 Å². The third-order valence-corrected chi connectivity index (χ3v) is 7.57. The minimum Gasteiger partial charge on any atom is -0.491 e. The Bertz CT molecular complexity index is 676. The average Bonchev–Trinajstić information content (AvgIpc) is 2.96. The lowest BCUT2D eigenvalue weighted by Gasteiger charge is -2.22. The summed E-state index contributed by atoms with van der Waals surface area (Å²) in [6.45, 7) is 11.0. The van der Waals surface area contributed by atoms with Crippen molar-refractivity contribution in [3.8, 4) is 5.75 Å². The maximum atomic E-state index is 13.4. The van der Waals surface area contributed by atoms with E-state index in [9.17, 15) is 4.79 Å². The molecular formula is C35H62O5. The number of methoxy groups -OCH3 is 1. The number of benzene rings is 1. The first-order valence-corrected chi connectivity index (χ1v) is 16.5. The molecule has 232 valence electrons. The molecule has 0 radical (unpaired) electrons. The number of hydrogen-bond donors (Lipinski definition) is 0. The van der Waals surface area contributed by atoms with Gasteiger partial charge in [-0.05, 0) is 48.9 Å². The van der Waals surface area contributed by atoms with Gasteiger partial charge in [0, 0.05) is 12.7 Å². The molecule has 0 bridgehead atoms. The van der Waals surface area contributed by atoms with E-state index in [0.717, 1.165) is 18.6 Å². The molecule has 0 amide bonds. The van der Waals surface area contributed by atoms with Crippen LogP contribution in [0.4, 0.5) is 0 Å². The Kier molecular flexibility index (Phi) is 23.1. The lowest BCUT2D eigenvalue weighted by atomic mass is 10.0. The summed E-state index contributed by atoms with van der Waals surface area (Å²) < 4.78 is 23.0. The van der Waals surface area contributed by atoms with Gasteiger partial charge in [-0.15, -0.1) is 0 Å². The summed E-state index contributed by atoms with van der Waals surface area (Å²) >= 11 is 0. The SMILES string of the molecule is CCCCCCCCCC(C)COC(OCC(C)CCCCCCCCC)C(=O)c1ccc(OCCOC)cc1. The number of ketones is 1. The Hall–Kier alpha value is -1.43. The van der Waals surface area contributed by atoms with Crippen LogP contribution in [0.2, 0.25) is 0 Å². The second-order valence-electron chi connectivity index (χ2n) is 11.8. The standard InChI is InChI=1S/C35H62O5/c1-6-8-10-12-14-16-18-20-30(3)28-39-35(40-29-31(4)21-19-17-15-13-11-9-7-2)34(36)32-22-24-33(25-23-32)38-27-26-37-5/h22-25,30-31,35H,6-21,26-29H2,1-5H3. The Morgan fingerprint density at radius 2 is 1.10 bits per heavy atom. The van der Waals surface area contributed by atoms with Gasteiger partial charge in [-0.2, -0.15) is 0 Å². The molecule has 0 fully saturated rings. The summed E-state index contributed by atoms with van der Waals surface area (Å²) in [5.74, 6) is 1.40. The van der Waals surface area contributed by atoms with Crippen molar-refractivity contribution in [2.24, 2.45) is 11.8 Å². The number of carbonyl (C=O) groups is 1. The first kappa shape index (κ1) is 36.6. The molecular weight excluding hydrogens is 500 g/mol. The van der Waals surface area contributed by atoms with Gasteiger partial charge in [-0.1, -0.05) is 118 Å². The molecule has 2 unspecified atom stereocenters. The van der Waals surface area contributed by atoms with Crippen LogP contribution in [-0.2, 0) is 14.2 Å². The van der Waals surface area contributed by atoms with E-state index in [1.165, 1.54) is 89.9 Å². The molecule has 0 aliphatic rings. The molecule has 0 N–H and O–H groups in total. The quantitative estimate of drug-likeness (QED) is 0.0578. The molecule has 1 aromatic rings. The fourth-order valence-electron chi connectivity index (χ4n) is 4.86. The minimum atomic E-state index is -0.867. The molecule has 0 aromatic heterocycles. The Labute approximate surface area is 247 Å². The van der Waals surface area contributed by atoms with E-state index < -0.39 is 6.29 Å². The van der Waals surface area contributed by atoms with E-state index in [2.05, 4.69) is 27.7 Å². The fraction of sp³-hybridized carbons (Fsp3) is 0.800. The summed E-state index contributed by atoms with van der Waals surface area (Å²) in [7, 11) is 1.65. The third kappa shape index (κ3) is 18.8. The van der Waals surface area contributed by atoms with Crippen LogP contribution in [0.5, 0.6) is 5.75 Å². The average molecular weight is 563 g/mol. The largest absolute Gasteiger partial charge is 0.491 e. The highest BCUT2D eigenvalue weighted by molar-refractivity contribution is 5.98. The Balaban J connectivity index is 2.56. The highest BCUT2D eigenvalue weighted by Gasteiger charge is 2.23. The van der Waals surface area contributed by atoms with E-state index >= 15 is 0 Å². The number of ether oxygens (including phenoxy) is 4. The van der Waals surface area contributed by atoms with Crippen LogP contribution < -0.4 is 4.74 Å². The van der Waals surface area contributed by atoms with Gasteiger partial charge < -0.3 is 18.9 Å². The van der Waals surface area contributed by atoms with Gasteiger partial charge >= 0.3 is 0 Å². The molecule has 0 saturated heterocycles. The summed E-state index contributed by atoms with van der Waals surface area (Å²) in [4.78, 5) is 13.4. The van der Waals surface area contributed by atoms with Crippen molar-refractivity contribution in [1.29, 1.82) is 0 Å². The smallest absolute Gasteiger partial charge is 0.222 e. The van der Waals surface area contributed by atoms with Gasteiger partial charge in [0.25, 0.3) is 0 Å². The minimum absolute atomic E-state index is 0.116. The highest BCUT2D eigenvalue weighted by atomic mass is 16.7. The van der Waals surface area contributed by atoms with Crippen molar-refractivity contribution in [2.75, 3.05) is 33.5 Å². The Morgan fingerprint density at radius 1 is 0.650 bits per heavy atom. The second kappa shape index (κ2) is 25.3. The summed E-state index contributed by atoms with van der Waals surface area (Å²) in [5.41, 5.74) is 0.587. The molecule has 5 heteroatoms. The Morgan fingerprint density at radius 3 is 1.55 bits per heavy atom. The zero-order valence-corrected chi connectivity index (χ0v) is 26.7. The summed E-state index contributed by atoms with van der Waals surface area (Å²) in [5, 5.41) is 0. The second-order valence-corrected chi connectivity index (χ2v) is 11.8. The molecule has 2 atom stereocenters. The van der Waals surface area contributed by atoms with Crippen molar-refractivity contribution >= 4 is 5.78 Å². The summed E-state index contributed by atoms with van der Waals surface area (Å²) in [6, 6.07) is 7.25. The monoisotopic (exact) mass is 562 g/mol. The molecule has 1 rings (SSSR count). The topological polar surface area (TPSA) is 54.0 Å². The van der Waals surface area contributed by atoms with E-state index in [4.69, 9.17) is 18.9 Å². The number of carbonyl (C=O) groups excluding carboxylic acids is 1. The van der Waals surface area contributed by atoms with Crippen molar-refractivity contribution in [3.63, 3.8) is 0 Å². The molecule has 5 nitrogen and oxygen atoms in total. The zero-order valence-electron chi connectivity index (χ0n) is 26.7. The van der Waals surface area contributed by atoms with Gasteiger partial charge in [-0.3, -0.25) is 4.79 Å². The third-order valence-electron chi connectivity index (χ3n) is 7.57. The van der Waals surface area contributed by atoms with Gasteiger partial charge in [0.15, 0.2) is 0 Å². The van der Waals surface area contributed by atoms with Gasteiger partial charge in [-0.25, -0.2) is 0 Å². The lowest BCUT2D eigenvalue weighted by Crippen LogP contribution is -2.31. The molecule has 0 aliphatic carbocycles. The number of Topliss-reactive ketones (excluding diaryl/α,β-unsaturated/α-hetero) is 1. The predicted molar refractivity (Wildman–Crippen MR) is 167 cm³/mol. The van der Waals surface area contributed by atoms with E-state index in [1.807, 2.05) is 12.1 Å². The highest BCUT2D eigenvalue weighted by Crippen LogP contribution is 2.19. The van der Waals surface area contributed by atoms with Crippen molar-refractivity contribution in [1.82, 2.24) is 0 Å². The zero-order chi connectivity index (χ0) is 29.3. The first-order valence-electron chi connectivity index (χ1n) is 16.5. The van der Waals surface area contributed by atoms with Crippen LogP contribution in [0.1, 0.15) is 141 Å².